The minimum Gasteiger partial charge on any atom is -0.507 e. The molecular formula is C18H13BrO6. The van der Waals surface area contributed by atoms with Gasteiger partial charge in [0.15, 0.2) is 23.1 Å². The number of phenolic OH excluding ortho intramolecular Hbond substituents is 2. The molecule has 6 nitrogen and oxygen atoms in total. The van der Waals surface area contributed by atoms with Crippen molar-refractivity contribution in [2.24, 2.45) is 0 Å². The highest BCUT2D eigenvalue weighted by molar-refractivity contribution is 9.09. The molecule has 25 heavy (non-hydrogen) atoms. The summed E-state index contributed by atoms with van der Waals surface area (Å²) in [6, 6.07) is 7.04. The van der Waals surface area contributed by atoms with Gasteiger partial charge < -0.3 is 14.9 Å². The topological polar surface area (TPSA) is 101 Å². The maximum Gasteiger partial charge on any atom is 0.311 e. The number of halogens is 1. The molecule has 0 radical (unpaired) electrons. The lowest BCUT2D eigenvalue weighted by Crippen LogP contribution is -2.23. The van der Waals surface area contributed by atoms with E-state index < -0.39 is 34.8 Å². The van der Waals surface area contributed by atoms with Gasteiger partial charge in [0.2, 0.25) is 0 Å². The number of fused-ring (bicyclic) bond motifs is 2. The number of benzene rings is 2. The summed E-state index contributed by atoms with van der Waals surface area (Å²) in [5.74, 6) is -3.34. The summed E-state index contributed by atoms with van der Waals surface area (Å²) < 4.78 is 5.14. The van der Waals surface area contributed by atoms with Gasteiger partial charge in [0.1, 0.15) is 5.75 Å². The lowest BCUT2D eigenvalue weighted by atomic mass is 9.83. The molecule has 0 amide bonds. The Morgan fingerprint density at radius 3 is 2.20 bits per heavy atom. The molecule has 0 saturated carbocycles. The number of hydrogen-bond acceptors (Lipinski definition) is 6. The molecule has 2 aromatic carbocycles. The van der Waals surface area contributed by atoms with E-state index in [1.165, 1.54) is 12.1 Å². The predicted molar refractivity (Wildman–Crippen MR) is 91.7 cm³/mol. The van der Waals surface area contributed by atoms with Gasteiger partial charge in [0, 0.05) is 28.9 Å². The second-order valence-electron chi connectivity index (χ2n) is 5.46. The largest absolute Gasteiger partial charge is 0.507 e. The van der Waals surface area contributed by atoms with Gasteiger partial charge >= 0.3 is 5.97 Å². The number of rotatable bonds is 4. The van der Waals surface area contributed by atoms with Gasteiger partial charge in [0.05, 0.1) is 11.1 Å². The van der Waals surface area contributed by atoms with Crippen molar-refractivity contribution in [3.8, 4) is 17.2 Å². The first-order valence-electron chi connectivity index (χ1n) is 7.49. The maximum atomic E-state index is 12.8. The molecule has 1 aliphatic rings. The molecule has 3 rings (SSSR count). The minimum atomic E-state index is -0.651. The van der Waals surface area contributed by atoms with Crippen LogP contribution in [0, 0.1) is 0 Å². The number of hydrogen-bond donors (Lipinski definition) is 2. The molecule has 0 unspecified atom stereocenters. The van der Waals surface area contributed by atoms with Gasteiger partial charge in [-0.25, -0.2) is 0 Å². The van der Waals surface area contributed by atoms with E-state index in [-0.39, 0.29) is 28.7 Å². The molecular weight excluding hydrogens is 392 g/mol. The third-order valence-electron chi connectivity index (χ3n) is 3.84. The van der Waals surface area contributed by atoms with Crippen LogP contribution in [0.3, 0.4) is 0 Å². The van der Waals surface area contributed by atoms with Crippen LogP contribution in [-0.4, -0.2) is 33.1 Å². The summed E-state index contributed by atoms with van der Waals surface area (Å²) in [5.41, 5.74) is -0.293. The Morgan fingerprint density at radius 1 is 1.00 bits per heavy atom. The van der Waals surface area contributed by atoms with Crippen molar-refractivity contribution in [2.45, 2.75) is 12.8 Å². The fraction of sp³-hybridized carbons (Fsp3) is 0.167. The number of ether oxygens (including phenoxy) is 1. The third-order valence-corrected chi connectivity index (χ3v) is 4.40. The Kier molecular flexibility index (Phi) is 4.59. The molecule has 0 bridgehead atoms. The van der Waals surface area contributed by atoms with Crippen molar-refractivity contribution in [1.82, 2.24) is 0 Å². The molecule has 2 N–H and O–H groups in total. The van der Waals surface area contributed by atoms with Gasteiger partial charge in [-0.2, -0.15) is 0 Å². The predicted octanol–water partition coefficient (Wildman–Crippen LogP) is 2.95. The average Bonchev–Trinajstić information content (AvgIpc) is 2.60. The minimum absolute atomic E-state index is 0.0685. The highest BCUT2D eigenvalue weighted by Crippen LogP contribution is 2.43. The zero-order chi connectivity index (χ0) is 18.1. The van der Waals surface area contributed by atoms with Gasteiger partial charge in [-0.05, 0) is 6.42 Å². The van der Waals surface area contributed by atoms with Crippen LogP contribution < -0.4 is 4.74 Å². The Hall–Kier alpha value is -2.67. The number of esters is 1. The van der Waals surface area contributed by atoms with Crippen molar-refractivity contribution in [3.63, 3.8) is 0 Å². The highest BCUT2D eigenvalue weighted by Gasteiger charge is 2.36. The lowest BCUT2D eigenvalue weighted by Gasteiger charge is -2.21. The molecule has 7 heteroatoms. The van der Waals surface area contributed by atoms with Crippen molar-refractivity contribution in [3.05, 3.63) is 52.6 Å². The van der Waals surface area contributed by atoms with Crippen molar-refractivity contribution in [2.75, 3.05) is 5.33 Å². The smallest absolute Gasteiger partial charge is 0.311 e. The molecule has 0 heterocycles. The zero-order valence-electron chi connectivity index (χ0n) is 12.9. The standard InChI is InChI=1S/C18H13BrO6/c19-7-3-6-13(22)25-18-12(21)8-11(20)14-15(18)17(24)10-5-2-1-4-9(10)16(14)23/h1-2,4-5,8,20-21H,3,6-7H2. The first-order valence-corrected chi connectivity index (χ1v) is 8.61. The number of alkyl halides is 1. The molecule has 0 aliphatic heterocycles. The Labute approximate surface area is 151 Å². The normalized spacial score (nSPS) is 12.5. The summed E-state index contributed by atoms with van der Waals surface area (Å²) in [6.07, 6.45) is 0.578. The number of ketones is 2. The number of carbonyl (C=O) groups excluding carboxylic acids is 3. The van der Waals surface area contributed by atoms with Gasteiger partial charge in [-0.1, -0.05) is 40.2 Å². The number of aromatic hydroxyl groups is 2. The summed E-state index contributed by atoms with van der Waals surface area (Å²) in [5, 5.41) is 20.7. The van der Waals surface area contributed by atoms with E-state index in [9.17, 15) is 24.6 Å². The number of phenols is 2. The first-order chi connectivity index (χ1) is 12.0. The molecule has 0 saturated heterocycles. The summed E-state index contributed by atoms with van der Waals surface area (Å²) in [4.78, 5) is 37.4. The second kappa shape index (κ2) is 6.68. The van der Waals surface area contributed by atoms with Crippen LogP contribution in [0.4, 0.5) is 0 Å². The third kappa shape index (κ3) is 2.91. The molecule has 0 fully saturated rings. The summed E-state index contributed by atoms with van der Waals surface area (Å²) >= 11 is 3.19. The van der Waals surface area contributed by atoms with Crippen LogP contribution in [0.5, 0.6) is 17.2 Å². The lowest BCUT2D eigenvalue weighted by molar-refractivity contribution is -0.134. The van der Waals surface area contributed by atoms with Gasteiger partial charge in [-0.15, -0.1) is 0 Å². The Balaban J connectivity index is 2.15. The van der Waals surface area contributed by atoms with E-state index in [4.69, 9.17) is 4.74 Å². The molecule has 0 aromatic heterocycles. The quantitative estimate of drug-likeness (QED) is 0.393. The fourth-order valence-electron chi connectivity index (χ4n) is 2.71. The van der Waals surface area contributed by atoms with Gasteiger partial charge in [-0.3, -0.25) is 14.4 Å². The highest BCUT2D eigenvalue weighted by atomic mass is 79.9. The monoisotopic (exact) mass is 404 g/mol. The second-order valence-corrected chi connectivity index (χ2v) is 6.26. The average molecular weight is 405 g/mol. The van der Waals surface area contributed by atoms with Crippen LogP contribution in [0.1, 0.15) is 44.7 Å². The fourth-order valence-corrected chi connectivity index (χ4v) is 2.99. The van der Waals surface area contributed by atoms with Crippen LogP contribution in [0.15, 0.2) is 30.3 Å². The van der Waals surface area contributed by atoms with Crippen LogP contribution >= 0.6 is 15.9 Å². The zero-order valence-corrected chi connectivity index (χ0v) is 14.5. The van der Waals surface area contributed by atoms with Crippen LogP contribution in [0.25, 0.3) is 0 Å². The van der Waals surface area contributed by atoms with Gasteiger partial charge in [0.25, 0.3) is 0 Å². The summed E-state index contributed by atoms with van der Waals surface area (Å²) in [7, 11) is 0. The van der Waals surface area contributed by atoms with Crippen molar-refractivity contribution >= 4 is 33.5 Å². The van der Waals surface area contributed by atoms with E-state index >= 15 is 0 Å². The van der Waals surface area contributed by atoms with Crippen molar-refractivity contribution < 1.29 is 29.3 Å². The van der Waals surface area contributed by atoms with E-state index in [0.717, 1.165) is 6.07 Å². The van der Waals surface area contributed by atoms with E-state index in [1.54, 1.807) is 12.1 Å². The number of carbonyl (C=O) groups is 3. The van der Waals surface area contributed by atoms with E-state index in [1.807, 2.05) is 0 Å². The molecule has 0 spiro atoms. The van der Waals surface area contributed by atoms with E-state index in [2.05, 4.69) is 15.9 Å². The van der Waals surface area contributed by atoms with Crippen molar-refractivity contribution in [1.29, 1.82) is 0 Å². The molecule has 0 atom stereocenters. The Bertz CT molecular complexity index is 903. The van der Waals surface area contributed by atoms with Crippen LogP contribution in [0.2, 0.25) is 0 Å². The first kappa shape index (κ1) is 17.2. The van der Waals surface area contributed by atoms with Crippen LogP contribution in [-0.2, 0) is 4.79 Å². The SMILES string of the molecule is O=C(CCCBr)Oc1c(O)cc(O)c2c1C(=O)c1ccccc1C2=O. The summed E-state index contributed by atoms with van der Waals surface area (Å²) in [6.45, 7) is 0. The van der Waals surface area contributed by atoms with E-state index in [0.29, 0.717) is 11.8 Å². The molecule has 1 aliphatic carbocycles. The molecule has 2 aromatic rings. The Morgan fingerprint density at radius 2 is 1.60 bits per heavy atom. The maximum absolute atomic E-state index is 12.8. The molecule has 128 valence electrons.